The topological polar surface area (TPSA) is 37.4 Å². The molecular weight excluding hydrogens is 342 g/mol. The fourth-order valence-corrected chi connectivity index (χ4v) is 3.18. The van der Waals surface area contributed by atoms with Gasteiger partial charge >= 0.3 is 0 Å². The van der Waals surface area contributed by atoms with Crippen molar-refractivity contribution in [2.45, 2.75) is 25.8 Å². The second-order valence-electron chi connectivity index (χ2n) is 6.11. The van der Waals surface area contributed by atoms with Gasteiger partial charge in [-0.15, -0.1) is 0 Å². The molecule has 4 heteroatoms. The zero-order valence-corrected chi connectivity index (χ0v) is 14.1. The van der Waals surface area contributed by atoms with Crippen LogP contribution in [-0.4, -0.2) is 22.3 Å². The molecule has 3 nitrogen and oxygen atoms in total. The van der Waals surface area contributed by atoms with Gasteiger partial charge in [0.1, 0.15) is 0 Å². The molecule has 2 amide bonds. The maximum Gasteiger partial charge on any atom is 0.262 e. The lowest BCUT2D eigenvalue weighted by molar-refractivity contribution is 0.0481. The molecule has 2 aromatic carbocycles. The molecule has 0 bridgehead atoms. The Labute approximate surface area is 138 Å². The molecule has 22 heavy (non-hydrogen) atoms. The molecule has 0 radical (unpaired) electrons. The number of hydrogen-bond acceptors (Lipinski definition) is 2. The van der Waals surface area contributed by atoms with Crippen LogP contribution in [0, 0.1) is 0 Å². The second-order valence-corrected chi connectivity index (χ2v) is 7.02. The van der Waals surface area contributed by atoms with E-state index in [0.29, 0.717) is 17.5 Å². The Balaban J connectivity index is 1.91. The molecule has 0 atom stereocenters. The molecule has 1 aliphatic heterocycles. The van der Waals surface area contributed by atoms with E-state index in [1.165, 1.54) is 4.90 Å². The van der Waals surface area contributed by atoms with Gasteiger partial charge in [0.2, 0.25) is 0 Å². The number of halogens is 1. The lowest BCUT2D eigenvalue weighted by Crippen LogP contribution is -2.49. The van der Waals surface area contributed by atoms with E-state index in [-0.39, 0.29) is 11.8 Å². The van der Waals surface area contributed by atoms with E-state index in [9.17, 15) is 9.59 Å². The predicted molar refractivity (Wildman–Crippen MR) is 88.9 cm³/mol. The van der Waals surface area contributed by atoms with Crippen LogP contribution in [0.5, 0.6) is 0 Å². The Bertz CT molecular complexity index is 715. The average molecular weight is 358 g/mol. The van der Waals surface area contributed by atoms with E-state index in [4.69, 9.17) is 0 Å². The zero-order valence-electron chi connectivity index (χ0n) is 12.5. The maximum atomic E-state index is 12.6. The van der Waals surface area contributed by atoms with Crippen molar-refractivity contribution in [3.05, 3.63) is 69.7 Å². The van der Waals surface area contributed by atoms with Crippen molar-refractivity contribution in [2.24, 2.45) is 0 Å². The number of nitrogens with zero attached hydrogens (tertiary/aromatic N) is 1. The first kappa shape index (κ1) is 15.0. The highest BCUT2D eigenvalue weighted by Gasteiger charge is 2.43. The van der Waals surface area contributed by atoms with E-state index in [1.54, 1.807) is 24.3 Å². The third-order valence-corrected chi connectivity index (χ3v) is 4.48. The van der Waals surface area contributed by atoms with Gasteiger partial charge < -0.3 is 0 Å². The molecule has 0 fully saturated rings. The molecule has 0 N–H and O–H groups in total. The van der Waals surface area contributed by atoms with Crippen molar-refractivity contribution in [1.29, 1.82) is 0 Å². The van der Waals surface area contributed by atoms with Gasteiger partial charge in [0.05, 0.1) is 11.1 Å². The summed E-state index contributed by atoms with van der Waals surface area (Å²) >= 11 is 3.41. The Morgan fingerprint density at radius 2 is 1.41 bits per heavy atom. The lowest BCUT2D eigenvalue weighted by Gasteiger charge is -2.34. The van der Waals surface area contributed by atoms with Gasteiger partial charge in [-0.05, 0) is 50.1 Å². The van der Waals surface area contributed by atoms with Crippen LogP contribution < -0.4 is 0 Å². The maximum absolute atomic E-state index is 12.6. The van der Waals surface area contributed by atoms with Crippen LogP contribution in [0.4, 0.5) is 0 Å². The summed E-state index contributed by atoms with van der Waals surface area (Å²) in [6.07, 6.45) is 0.617. The van der Waals surface area contributed by atoms with E-state index in [0.717, 1.165) is 10.0 Å². The summed E-state index contributed by atoms with van der Waals surface area (Å²) < 4.78 is 1.01. The fraction of sp³-hybridized carbons (Fsp3) is 0.222. The first-order chi connectivity index (χ1) is 10.4. The Kier molecular flexibility index (Phi) is 3.65. The minimum absolute atomic E-state index is 0.206. The van der Waals surface area contributed by atoms with E-state index >= 15 is 0 Å². The normalized spacial score (nSPS) is 14.4. The van der Waals surface area contributed by atoms with Gasteiger partial charge in [0, 0.05) is 10.0 Å². The summed E-state index contributed by atoms with van der Waals surface area (Å²) in [5.74, 6) is -0.412. The van der Waals surface area contributed by atoms with Crippen molar-refractivity contribution < 1.29 is 9.59 Å². The van der Waals surface area contributed by atoms with Gasteiger partial charge in [-0.3, -0.25) is 14.5 Å². The van der Waals surface area contributed by atoms with Crippen LogP contribution in [0.1, 0.15) is 40.1 Å². The Morgan fingerprint density at radius 1 is 0.909 bits per heavy atom. The van der Waals surface area contributed by atoms with E-state index in [1.807, 2.05) is 38.1 Å². The van der Waals surface area contributed by atoms with Gasteiger partial charge in [-0.25, -0.2) is 0 Å². The minimum Gasteiger partial charge on any atom is -0.269 e. The largest absolute Gasteiger partial charge is 0.269 e. The SMILES string of the molecule is CC(C)(Cc1ccc(Br)cc1)N1C(=O)c2ccccc2C1=O. The molecule has 0 aromatic heterocycles. The molecule has 112 valence electrons. The molecule has 2 aromatic rings. The summed E-state index contributed by atoms with van der Waals surface area (Å²) in [4.78, 5) is 26.6. The number of hydrogen-bond donors (Lipinski definition) is 0. The molecule has 0 saturated carbocycles. The molecule has 0 spiro atoms. The summed E-state index contributed by atoms with van der Waals surface area (Å²) in [5.41, 5.74) is 1.50. The third kappa shape index (κ3) is 2.48. The highest BCUT2D eigenvalue weighted by atomic mass is 79.9. The molecule has 1 heterocycles. The first-order valence-electron chi connectivity index (χ1n) is 7.12. The number of rotatable bonds is 3. The first-order valence-corrected chi connectivity index (χ1v) is 7.92. The minimum atomic E-state index is -0.582. The van der Waals surface area contributed by atoms with Crippen LogP contribution in [0.3, 0.4) is 0 Å². The van der Waals surface area contributed by atoms with Gasteiger partial charge in [0.25, 0.3) is 11.8 Å². The highest BCUT2D eigenvalue weighted by molar-refractivity contribution is 9.10. The zero-order chi connectivity index (χ0) is 15.9. The molecule has 0 saturated heterocycles. The lowest BCUT2D eigenvalue weighted by atomic mass is 9.93. The van der Waals surface area contributed by atoms with Crippen LogP contribution in [0.25, 0.3) is 0 Å². The monoisotopic (exact) mass is 357 g/mol. The van der Waals surface area contributed by atoms with Crippen LogP contribution >= 0.6 is 15.9 Å². The summed E-state index contributed by atoms with van der Waals surface area (Å²) in [7, 11) is 0. The average Bonchev–Trinajstić information content (AvgIpc) is 2.74. The van der Waals surface area contributed by atoms with Gasteiger partial charge in [-0.1, -0.05) is 40.2 Å². The molecule has 0 aliphatic carbocycles. The number of benzene rings is 2. The van der Waals surface area contributed by atoms with Gasteiger partial charge in [-0.2, -0.15) is 0 Å². The number of carbonyl (C=O) groups excluding carboxylic acids is 2. The third-order valence-electron chi connectivity index (χ3n) is 3.95. The fourth-order valence-electron chi connectivity index (χ4n) is 2.92. The predicted octanol–water partition coefficient (Wildman–Crippen LogP) is 4.07. The van der Waals surface area contributed by atoms with E-state index < -0.39 is 5.54 Å². The number of imide groups is 1. The van der Waals surface area contributed by atoms with Crippen molar-refractivity contribution >= 4 is 27.7 Å². The number of amides is 2. The number of fused-ring (bicyclic) bond motifs is 1. The summed E-state index contributed by atoms with van der Waals surface area (Å²) in [5, 5.41) is 0. The number of carbonyl (C=O) groups is 2. The quantitative estimate of drug-likeness (QED) is 0.776. The molecule has 3 rings (SSSR count). The summed E-state index contributed by atoms with van der Waals surface area (Å²) in [6, 6.07) is 14.9. The Morgan fingerprint density at radius 3 is 1.91 bits per heavy atom. The smallest absolute Gasteiger partial charge is 0.262 e. The van der Waals surface area contributed by atoms with Crippen molar-refractivity contribution in [2.75, 3.05) is 0 Å². The van der Waals surface area contributed by atoms with Crippen molar-refractivity contribution in [1.82, 2.24) is 4.90 Å². The van der Waals surface area contributed by atoms with Crippen LogP contribution in [-0.2, 0) is 6.42 Å². The molecule has 0 unspecified atom stereocenters. The summed E-state index contributed by atoms with van der Waals surface area (Å²) in [6.45, 7) is 3.85. The molecular formula is C18H16BrNO2. The van der Waals surface area contributed by atoms with E-state index in [2.05, 4.69) is 15.9 Å². The molecule has 1 aliphatic rings. The highest BCUT2D eigenvalue weighted by Crippen LogP contribution is 2.31. The Hall–Kier alpha value is -1.94. The van der Waals surface area contributed by atoms with Crippen molar-refractivity contribution in [3.63, 3.8) is 0 Å². The van der Waals surface area contributed by atoms with Crippen LogP contribution in [0.2, 0.25) is 0 Å². The van der Waals surface area contributed by atoms with Crippen molar-refractivity contribution in [3.8, 4) is 0 Å². The standard InChI is InChI=1S/C18H16BrNO2/c1-18(2,11-12-7-9-13(19)10-8-12)20-16(21)14-5-3-4-6-15(14)17(20)22/h3-10H,11H2,1-2H3. The van der Waals surface area contributed by atoms with Crippen LogP contribution in [0.15, 0.2) is 53.0 Å². The van der Waals surface area contributed by atoms with Gasteiger partial charge in [0.15, 0.2) is 0 Å². The second kappa shape index (κ2) is 5.36.